The van der Waals surface area contributed by atoms with E-state index in [2.05, 4.69) is 30.6 Å². The predicted molar refractivity (Wildman–Crippen MR) is 82.4 cm³/mol. The lowest BCUT2D eigenvalue weighted by atomic mass is 9.84. The summed E-state index contributed by atoms with van der Waals surface area (Å²) in [7, 11) is 0. The van der Waals surface area contributed by atoms with Crippen LogP contribution < -0.4 is 5.73 Å². The van der Waals surface area contributed by atoms with Crippen LogP contribution in [0.1, 0.15) is 59.3 Å². The number of piperidine rings is 1. The number of nitrogens with two attached hydrogens (primary N) is 1. The second-order valence-corrected chi connectivity index (χ2v) is 6.68. The third-order valence-corrected chi connectivity index (χ3v) is 5.55. The first kappa shape index (κ1) is 15.3. The lowest BCUT2D eigenvalue weighted by Crippen LogP contribution is -2.67. The SMILES string of the molecule is CCCC(CC)(CN)N1CC2CCCCN2CC1C. The molecule has 2 saturated heterocycles. The van der Waals surface area contributed by atoms with E-state index in [4.69, 9.17) is 5.73 Å². The Morgan fingerprint density at radius 1 is 1.21 bits per heavy atom. The van der Waals surface area contributed by atoms with Crippen molar-refractivity contribution in [3.05, 3.63) is 0 Å². The summed E-state index contributed by atoms with van der Waals surface area (Å²) in [5.74, 6) is 0. The monoisotopic (exact) mass is 267 g/mol. The molecule has 3 nitrogen and oxygen atoms in total. The molecule has 0 radical (unpaired) electrons. The van der Waals surface area contributed by atoms with Crippen LogP contribution in [0.5, 0.6) is 0 Å². The Bertz CT molecular complexity index is 275. The highest BCUT2D eigenvalue weighted by molar-refractivity contribution is 4.99. The summed E-state index contributed by atoms with van der Waals surface area (Å²) in [6.07, 6.45) is 7.88. The molecule has 2 rings (SSSR count). The van der Waals surface area contributed by atoms with Gasteiger partial charge in [0, 0.05) is 37.3 Å². The van der Waals surface area contributed by atoms with Crippen LogP contribution in [-0.4, -0.2) is 53.6 Å². The summed E-state index contributed by atoms with van der Waals surface area (Å²) in [4.78, 5) is 5.50. The molecular weight excluding hydrogens is 234 g/mol. The zero-order valence-corrected chi connectivity index (χ0v) is 13.2. The number of hydrogen-bond acceptors (Lipinski definition) is 3. The first-order chi connectivity index (χ1) is 9.16. The molecule has 0 aliphatic carbocycles. The standard InChI is InChI=1S/C16H33N3/c1-4-9-16(5-2,13-17)19-12-15-8-6-7-10-18(15)11-14(19)3/h14-15H,4-13,17H2,1-3H3. The number of piperazine rings is 1. The normalized spacial score (nSPS) is 32.8. The molecule has 112 valence electrons. The van der Waals surface area contributed by atoms with E-state index in [0.717, 1.165) is 12.6 Å². The van der Waals surface area contributed by atoms with Gasteiger partial charge >= 0.3 is 0 Å². The van der Waals surface area contributed by atoms with Crippen molar-refractivity contribution < 1.29 is 0 Å². The Balaban J connectivity index is 2.12. The van der Waals surface area contributed by atoms with Gasteiger partial charge in [-0.2, -0.15) is 0 Å². The summed E-state index contributed by atoms with van der Waals surface area (Å²) in [5, 5.41) is 0. The summed E-state index contributed by atoms with van der Waals surface area (Å²) >= 11 is 0. The van der Waals surface area contributed by atoms with Crippen molar-refractivity contribution in [2.75, 3.05) is 26.2 Å². The van der Waals surface area contributed by atoms with Crippen molar-refractivity contribution in [3.63, 3.8) is 0 Å². The average Bonchev–Trinajstić information content (AvgIpc) is 2.44. The minimum Gasteiger partial charge on any atom is -0.329 e. The molecule has 3 atom stereocenters. The van der Waals surface area contributed by atoms with Gasteiger partial charge in [0.05, 0.1) is 0 Å². The van der Waals surface area contributed by atoms with Crippen molar-refractivity contribution >= 4 is 0 Å². The third-order valence-electron chi connectivity index (χ3n) is 5.55. The van der Waals surface area contributed by atoms with Gasteiger partial charge in [-0.25, -0.2) is 0 Å². The van der Waals surface area contributed by atoms with Crippen LogP contribution in [0.25, 0.3) is 0 Å². The largest absolute Gasteiger partial charge is 0.329 e. The minimum atomic E-state index is 0.248. The maximum absolute atomic E-state index is 6.21. The van der Waals surface area contributed by atoms with Gasteiger partial charge in [0.15, 0.2) is 0 Å². The average molecular weight is 267 g/mol. The van der Waals surface area contributed by atoms with E-state index in [1.807, 2.05) is 0 Å². The van der Waals surface area contributed by atoms with Crippen molar-refractivity contribution in [1.82, 2.24) is 9.80 Å². The number of fused-ring (bicyclic) bond motifs is 1. The molecule has 0 aromatic rings. The Morgan fingerprint density at radius 3 is 2.63 bits per heavy atom. The highest BCUT2D eigenvalue weighted by Gasteiger charge is 2.42. The topological polar surface area (TPSA) is 32.5 Å². The van der Waals surface area contributed by atoms with Gasteiger partial charge in [-0.15, -0.1) is 0 Å². The molecular formula is C16H33N3. The number of hydrogen-bond donors (Lipinski definition) is 1. The quantitative estimate of drug-likeness (QED) is 0.830. The molecule has 2 heterocycles. The van der Waals surface area contributed by atoms with Crippen LogP contribution in [0.4, 0.5) is 0 Å². The zero-order valence-electron chi connectivity index (χ0n) is 13.2. The fraction of sp³-hybridized carbons (Fsp3) is 1.00. The molecule has 3 unspecified atom stereocenters. The van der Waals surface area contributed by atoms with Gasteiger partial charge in [-0.1, -0.05) is 26.7 Å². The highest BCUT2D eigenvalue weighted by Crippen LogP contribution is 2.33. The molecule has 0 aromatic carbocycles. The van der Waals surface area contributed by atoms with E-state index in [1.54, 1.807) is 0 Å². The molecule has 0 amide bonds. The molecule has 2 N–H and O–H groups in total. The number of rotatable bonds is 5. The van der Waals surface area contributed by atoms with E-state index in [9.17, 15) is 0 Å². The zero-order chi connectivity index (χ0) is 13.9. The first-order valence-corrected chi connectivity index (χ1v) is 8.37. The second-order valence-electron chi connectivity index (χ2n) is 6.68. The second kappa shape index (κ2) is 6.55. The van der Waals surface area contributed by atoms with Crippen LogP contribution in [0.15, 0.2) is 0 Å². The molecule has 2 aliphatic rings. The summed E-state index contributed by atoms with van der Waals surface area (Å²) in [5.41, 5.74) is 6.46. The van der Waals surface area contributed by atoms with Crippen LogP contribution in [0.3, 0.4) is 0 Å². The van der Waals surface area contributed by atoms with Crippen LogP contribution >= 0.6 is 0 Å². The molecule has 2 fully saturated rings. The van der Waals surface area contributed by atoms with Crippen molar-refractivity contribution in [3.8, 4) is 0 Å². The highest BCUT2D eigenvalue weighted by atomic mass is 15.3. The first-order valence-electron chi connectivity index (χ1n) is 8.37. The van der Waals surface area contributed by atoms with Crippen molar-refractivity contribution in [1.29, 1.82) is 0 Å². The van der Waals surface area contributed by atoms with Crippen LogP contribution in [0, 0.1) is 0 Å². The predicted octanol–water partition coefficient (Wildman–Crippen LogP) is 2.45. The molecule has 2 aliphatic heterocycles. The molecule has 0 spiro atoms. The Labute approximate surface area is 119 Å². The smallest absolute Gasteiger partial charge is 0.0333 e. The van der Waals surface area contributed by atoms with Gasteiger partial charge in [0.2, 0.25) is 0 Å². The summed E-state index contributed by atoms with van der Waals surface area (Å²) in [6, 6.07) is 1.45. The maximum Gasteiger partial charge on any atom is 0.0333 e. The Hall–Kier alpha value is -0.120. The van der Waals surface area contributed by atoms with Gasteiger partial charge in [-0.3, -0.25) is 9.80 Å². The van der Waals surface area contributed by atoms with Crippen molar-refractivity contribution in [2.24, 2.45) is 5.73 Å². The minimum absolute atomic E-state index is 0.248. The molecule has 19 heavy (non-hydrogen) atoms. The number of nitrogens with zero attached hydrogens (tertiary/aromatic N) is 2. The fourth-order valence-corrected chi connectivity index (χ4v) is 4.37. The van der Waals surface area contributed by atoms with E-state index in [1.165, 1.54) is 58.2 Å². The lowest BCUT2D eigenvalue weighted by Gasteiger charge is -2.55. The molecule has 0 saturated carbocycles. The van der Waals surface area contributed by atoms with Gasteiger partial charge in [0.1, 0.15) is 0 Å². The van der Waals surface area contributed by atoms with Gasteiger partial charge < -0.3 is 5.73 Å². The van der Waals surface area contributed by atoms with Gasteiger partial charge in [-0.05, 0) is 39.2 Å². The molecule has 0 bridgehead atoms. The van der Waals surface area contributed by atoms with E-state index >= 15 is 0 Å². The Morgan fingerprint density at radius 2 is 2.00 bits per heavy atom. The van der Waals surface area contributed by atoms with E-state index in [0.29, 0.717) is 6.04 Å². The molecule has 3 heteroatoms. The van der Waals surface area contributed by atoms with Crippen molar-refractivity contribution in [2.45, 2.75) is 76.9 Å². The maximum atomic E-state index is 6.21. The molecule has 0 aromatic heterocycles. The third kappa shape index (κ3) is 2.98. The summed E-state index contributed by atoms with van der Waals surface area (Å²) in [6.45, 7) is 11.6. The summed E-state index contributed by atoms with van der Waals surface area (Å²) < 4.78 is 0. The Kier molecular flexibility index (Phi) is 5.27. The van der Waals surface area contributed by atoms with Crippen LogP contribution in [-0.2, 0) is 0 Å². The van der Waals surface area contributed by atoms with E-state index < -0.39 is 0 Å². The fourth-order valence-electron chi connectivity index (χ4n) is 4.37. The van der Waals surface area contributed by atoms with Crippen LogP contribution in [0.2, 0.25) is 0 Å². The lowest BCUT2D eigenvalue weighted by molar-refractivity contribution is -0.0501. The van der Waals surface area contributed by atoms with E-state index in [-0.39, 0.29) is 5.54 Å². The van der Waals surface area contributed by atoms with Gasteiger partial charge in [0.25, 0.3) is 0 Å².